The van der Waals surface area contributed by atoms with Crippen molar-refractivity contribution in [1.29, 1.82) is 0 Å². The molecule has 2 aromatic heterocycles. The van der Waals surface area contributed by atoms with Gasteiger partial charge in [0.1, 0.15) is 5.82 Å². The number of carboxylic acids is 1. The van der Waals surface area contributed by atoms with Gasteiger partial charge < -0.3 is 9.67 Å². The number of carboxylic acid groups (broad SMARTS) is 1. The number of aromatic nitrogens is 2. The van der Waals surface area contributed by atoms with Crippen LogP contribution in [-0.4, -0.2) is 20.6 Å². The SMILES string of the molecule is C=C(Cc1cccs1)Cc1cnc(CCCC)n1Cc1ccc(C(=O)O)cc1. The van der Waals surface area contributed by atoms with Crippen molar-refractivity contribution in [2.75, 3.05) is 0 Å². The van der Waals surface area contributed by atoms with E-state index < -0.39 is 5.97 Å². The van der Waals surface area contributed by atoms with E-state index >= 15 is 0 Å². The summed E-state index contributed by atoms with van der Waals surface area (Å²) >= 11 is 1.76. The molecule has 0 spiro atoms. The summed E-state index contributed by atoms with van der Waals surface area (Å²) in [7, 11) is 0. The predicted octanol–water partition coefficient (Wildman–Crippen LogP) is 5.38. The Morgan fingerprint density at radius 2 is 2.00 bits per heavy atom. The Morgan fingerprint density at radius 3 is 2.64 bits per heavy atom. The van der Waals surface area contributed by atoms with Crippen molar-refractivity contribution in [3.63, 3.8) is 0 Å². The molecule has 0 atom stereocenters. The fourth-order valence-corrected chi connectivity index (χ4v) is 4.01. The molecule has 5 heteroatoms. The van der Waals surface area contributed by atoms with Crippen molar-refractivity contribution in [3.8, 4) is 0 Å². The number of rotatable bonds is 10. The molecule has 1 N–H and O–H groups in total. The molecular weight excluding hydrogens is 368 g/mol. The first-order chi connectivity index (χ1) is 13.6. The van der Waals surface area contributed by atoms with Crippen LogP contribution in [0.5, 0.6) is 0 Å². The monoisotopic (exact) mass is 394 g/mol. The van der Waals surface area contributed by atoms with Gasteiger partial charge in [-0.3, -0.25) is 0 Å². The number of allylic oxidation sites excluding steroid dienone is 1. The maximum atomic E-state index is 11.1. The Kier molecular flexibility index (Phi) is 6.82. The average Bonchev–Trinajstić information content (AvgIpc) is 3.31. The van der Waals surface area contributed by atoms with Gasteiger partial charge in [0.05, 0.1) is 5.56 Å². The van der Waals surface area contributed by atoms with Crippen LogP contribution in [0.25, 0.3) is 0 Å². The summed E-state index contributed by atoms with van der Waals surface area (Å²) < 4.78 is 2.27. The number of imidazole rings is 1. The molecule has 1 aromatic carbocycles. The lowest BCUT2D eigenvalue weighted by atomic mass is 10.1. The first-order valence-electron chi connectivity index (χ1n) is 9.61. The lowest BCUT2D eigenvalue weighted by molar-refractivity contribution is 0.0697. The maximum absolute atomic E-state index is 11.1. The molecule has 0 unspecified atom stereocenters. The smallest absolute Gasteiger partial charge is 0.335 e. The lowest BCUT2D eigenvalue weighted by Gasteiger charge is -2.13. The van der Waals surface area contributed by atoms with E-state index in [1.807, 2.05) is 18.3 Å². The second-order valence-corrected chi connectivity index (χ2v) is 8.07. The molecule has 0 saturated heterocycles. The van der Waals surface area contributed by atoms with E-state index in [2.05, 4.69) is 40.6 Å². The number of unbranched alkanes of at least 4 members (excludes halogenated alkanes) is 1. The predicted molar refractivity (Wildman–Crippen MR) is 114 cm³/mol. The van der Waals surface area contributed by atoms with Gasteiger partial charge in [-0.25, -0.2) is 9.78 Å². The highest BCUT2D eigenvalue weighted by atomic mass is 32.1. The molecular formula is C23H26N2O2S. The Bertz CT molecular complexity index is 924. The summed E-state index contributed by atoms with van der Waals surface area (Å²) in [5.74, 6) is 0.187. The van der Waals surface area contributed by atoms with E-state index in [0.717, 1.165) is 49.2 Å². The fourth-order valence-electron chi connectivity index (χ4n) is 3.24. The van der Waals surface area contributed by atoms with Gasteiger partial charge >= 0.3 is 5.97 Å². The van der Waals surface area contributed by atoms with Crippen LogP contribution in [-0.2, 0) is 25.8 Å². The first-order valence-corrected chi connectivity index (χ1v) is 10.5. The van der Waals surface area contributed by atoms with Crippen molar-refractivity contribution >= 4 is 17.3 Å². The molecule has 0 amide bonds. The molecule has 4 nitrogen and oxygen atoms in total. The third-order valence-corrected chi connectivity index (χ3v) is 5.63. The van der Waals surface area contributed by atoms with E-state index in [0.29, 0.717) is 12.1 Å². The largest absolute Gasteiger partial charge is 0.478 e. The zero-order valence-corrected chi connectivity index (χ0v) is 17.0. The van der Waals surface area contributed by atoms with Gasteiger partial charge in [0.2, 0.25) is 0 Å². The Balaban J connectivity index is 1.79. The van der Waals surface area contributed by atoms with E-state index in [-0.39, 0.29) is 0 Å². The summed E-state index contributed by atoms with van der Waals surface area (Å²) in [6.45, 7) is 7.15. The number of hydrogen-bond acceptors (Lipinski definition) is 3. The van der Waals surface area contributed by atoms with E-state index in [9.17, 15) is 4.79 Å². The zero-order chi connectivity index (χ0) is 19.9. The summed E-state index contributed by atoms with van der Waals surface area (Å²) in [5, 5.41) is 11.2. The van der Waals surface area contributed by atoms with Gasteiger partial charge in [0.25, 0.3) is 0 Å². The van der Waals surface area contributed by atoms with Crippen LogP contribution in [0.4, 0.5) is 0 Å². The Hall–Kier alpha value is -2.66. The number of benzene rings is 1. The van der Waals surface area contributed by atoms with Crippen LogP contribution in [0.15, 0.2) is 60.1 Å². The molecule has 0 bridgehead atoms. The molecule has 0 aliphatic heterocycles. The average molecular weight is 395 g/mol. The third kappa shape index (κ3) is 5.20. The number of hydrogen-bond donors (Lipinski definition) is 1. The summed E-state index contributed by atoms with van der Waals surface area (Å²) in [4.78, 5) is 17.1. The zero-order valence-electron chi connectivity index (χ0n) is 16.2. The van der Waals surface area contributed by atoms with Gasteiger partial charge in [0, 0.05) is 42.6 Å². The second-order valence-electron chi connectivity index (χ2n) is 7.04. The molecule has 0 aliphatic carbocycles. The van der Waals surface area contributed by atoms with Crippen LogP contribution >= 0.6 is 11.3 Å². The van der Waals surface area contributed by atoms with E-state index in [1.54, 1.807) is 23.5 Å². The van der Waals surface area contributed by atoms with Gasteiger partial charge in [-0.15, -0.1) is 11.3 Å². The van der Waals surface area contributed by atoms with Crippen molar-refractivity contribution in [3.05, 3.63) is 87.6 Å². The number of nitrogens with zero attached hydrogens (tertiary/aromatic N) is 2. The molecule has 0 aliphatic rings. The van der Waals surface area contributed by atoms with Crippen molar-refractivity contribution in [2.24, 2.45) is 0 Å². The van der Waals surface area contributed by atoms with Crippen molar-refractivity contribution in [1.82, 2.24) is 9.55 Å². The molecule has 146 valence electrons. The molecule has 0 fully saturated rings. The molecule has 2 heterocycles. The van der Waals surface area contributed by atoms with E-state index in [1.165, 1.54) is 10.5 Å². The second kappa shape index (κ2) is 9.51. The normalized spacial score (nSPS) is 10.9. The standard InChI is InChI=1S/C23H26N2O2S/c1-3-4-7-22-24-15-20(13-17(2)14-21-6-5-12-28-21)25(22)16-18-8-10-19(11-9-18)23(26)27/h5-6,8-12,15H,2-4,7,13-14,16H2,1H3,(H,26,27). The van der Waals surface area contributed by atoms with Crippen molar-refractivity contribution < 1.29 is 9.90 Å². The van der Waals surface area contributed by atoms with Crippen molar-refractivity contribution in [2.45, 2.75) is 45.6 Å². The van der Waals surface area contributed by atoms with Crippen LogP contribution in [0.3, 0.4) is 0 Å². The fraction of sp³-hybridized carbons (Fsp3) is 0.304. The number of carbonyl (C=O) groups is 1. The minimum absolute atomic E-state index is 0.310. The number of aryl methyl sites for hydroxylation is 1. The molecule has 0 saturated carbocycles. The van der Waals surface area contributed by atoms with Crippen LogP contribution in [0.2, 0.25) is 0 Å². The Morgan fingerprint density at radius 1 is 1.21 bits per heavy atom. The quantitative estimate of drug-likeness (QED) is 0.470. The lowest BCUT2D eigenvalue weighted by Crippen LogP contribution is -2.10. The van der Waals surface area contributed by atoms with Gasteiger partial charge in [-0.05, 0) is 35.6 Å². The highest BCUT2D eigenvalue weighted by molar-refractivity contribution is 7.09. The number of aromatic carboxylic acids is 1. The van der Waals surface area contributed by atoms with E-state index in [4.69, 9.17) is 5.11 Å². The molecule has 0 radical (unpaired) electrons. The summed E-state index contributed by atoms with van der Waals surface area (Å²) in [6, 6.07) is 11.3. The maximum Gasteiger partial charge on any atom is 0.335 e. The van der Waals surface area contributed by atoms with Crippen LogP contribution in [0.1, 0.15) is 52.1 Å². The first kappa shape index (κ1) is 20.1. The molecule has 3 rings (SSSR count). The summed E-state index contributed by atoms with van der Waals surface area (Å²) in [5.41, 5.74) is 3.72. The number of thiophene rings is 1. The van der Waals surface area contributed by atoms with Gasteiger partial charge in [0.15, 0.2) is 0 Å². The van der Waals surface area contributed by atoms with Crippen LogP contribution < -0.4 is 0 Å². The highest BCUT2D eigenvalue weighted by Gasteiger charge is 2.12. The highest BCUT2D eigenvalue weighted by Crippen LogP contribution is 2.19. The van der Waals surface area contributed by atoms with Gasteiger partial charge in [-0.2, -0.15) is 0 Å². The minimum Gasteiger partial charge on any atom is -0.478 e. The molecule has 3 aromatic rings. The summed E-state index contributed by atoms with van der Waals surface area (Å²) in [6.07, 6.45) is 6.83. The molecule has 28 heavy (non-hydrogen) atoms. The third-order valence-electron chi connectivity index (χ3n) is 4.75. The minimum atomic E-state index is -0.900. The van der Waals surface area contributed by atoms with Gasteiger partial charge in [-0.1, -0.05) is 43.7 Å². The Labute approximate surface area is 170 Å². The topological polar surface area (TPSA) is 55.1 Å². The van der Waals surface area contributed by atoms with Crippen LogP contribution in [0, 0.1) is 0 Å².